The first-order valence-electron chi connectivity index (χ1n) is 9.20. The molecule has 3 aromatic rings. The molecule has 2 N–H and O–H groups in total. The van der Waals surface area contributed by atoms with E-state index in [-0.39, 0.29) is 25.6 Å². The minimum absolute atomic E-state index is 0.0981. The van der Waals surface area contributed by atoms with Gasteiger partial charge in [-0.2, -0.15) is 17.5 Å². The number of sulfonamides is 1. The number of primary amides is 1. The lowest BCUT2D eigenvalue weighted by Gasteiger charge is -2.29. The molecule has 7 nitrogen and oxygen atoms in total. The summed E-state index contributed by atoms with van der Waals surface area (Å²) in [6.07, 6.45) is -4.45. The van der Waals surface area contributed by atoms with E-state index in [1.165, 1.54) is 30.7 Å². The Morgan fingerprint density at radius 1 is 1.27 bits per heavy atom. The van der Waals surface area contributed by atoms with Gasteiger partial charge in [0.2, 0.25) is 11.8 Å². The molecule has 33 heavy (non-hydrogen) atoms. The summed E-state index contributed by atoms with van der Waals surface area (Å²) in [5.74, 6) is -2.07. The first-order valence-corrected chi connectivity index (χ1v) is 11.8. The van der Waals surface area contributed by atoms with E-state index in [4.69, 9.17) is 21.8 Å². The second-order valence-corrected chi connectivity index (χ2v) is 10.7. The maximum atomic E-state index is 14.8. The molecule has 1 amide bonds. The summed E-state index contributed by atoms with van der Waals surface area (Å²) in [5, 5.41) is 0. The first-order chi connectivity index (χ1) is 15.4. The van der Waals surface area contributed by atoms with Crippen LogP contribution in [0.1, 0.15) is 18.4 Å². The van der Waals surface area contributed by atoms with Gasteiger partial charge in [-0.1, -0.05) is 17.7 Å². The molecule has 0 saturated carbocycles. The van der Waals surface area contributed by atoms with Crippen molar-refractivity contribution in [3.63, 3.8) is 0 Å². The molecule has 0 saturated heterocycles. The van der Waals surface area contributed by atoms with Gasteiger partial charge in [0.25, 0.3) is 10.0 Å². The third-order valence-corrected chi connectivity index (χ3v) is 8.10. The number of nitrogens with two attached hydrogens (primary N) is 1. The van der Waals surface area contributed by atoms with Gasteiger partial charge in [-0.25, -0.2) is 17.8 Å². The molecule has 0 radical (unpaired) electrons. The topological polar surface area (TPSA) is 106 Å². The van der Waals surface area contributed by atoms with Gasteiger partial charge in [-0.3, -0.25) is 4.79 Å². The Morgan fingerprint density at radius 2 is 2.00 bits per heavy atom. The zero-order valence-electron chi connectivity index (χ0n) is 16.6. The van der Waals surface area contributed by atoms with Gasteiger partial charge < -0.3 is 10.2 Å². The fourth-order valence-electron chi connectivity index (χ4n) is 2.99. The van der Waals surface area contributed by atoms with Crippen molar-refractivity contribution in [2.24, 2.45) is 5.73 Å². The van der Waals surface area contributed by atoms with Crippen LogP contribution in [0.3, 0.4) is 0 Å². The van der Waals surface area contributed by atoms with Crippen LogP contribution in [0.25, 0.3) is 11.5 Å². The molecule has 0 aliphatic carbocycles. The van der Waals surface area contributed by atoms with Crippen molar-refractivity contribution >= 4 is 38.9 Å². The number of carbonyl (C=O) groups is 1. The second-order valence-electron chi connectivity index (χ2n) is 6.82. The van der Waals surface area contributed by atoms with E-state index >= 15 is 0 Å². The molecule has 0 bridgehead atoms. The van der Waals surface area contributed by atoms with E-state index in [1.54, 1.807) is 0 Å². The smallest absolute Gasteiger partial charge is 0.389 e. The number of oxazole rings is 1. The van der Waals surface area contributed by atoms with E-state index < -0.39 is 53.4 Å². The quantitative estimate of drug-likeness (QED) is 0.411. The molecular formula is C19H16ClF4N3O4S2. The SMILES string of the molecule is NC(=O)C(CCC(F)(F)F)N(Cc1ccc(-c2ncco2)cc1F)S(=O)(=O)c1ccc(Cl)s1. The van der Waals surface area contributed by atoms with Crippen molar-refractivity contribution in [2.75, 3.05) is 0 Å². The van der Waals surface area contributed by atoms with Crippen LogP contribution in [0.4, 0.5) is 17.6 Å². The minimum atomic E-state index is -4.67. The minimum Gasteiger partial charge on any atom is -0.445 e. The molecule has 1 atom stereocenters. The predicted molar refractivity (Wildman–Crippen MR) is 112 cm³/mol. The van der Waals surface area contributed by atoms with Crippen LogP contribution in [0, 0.1) is 5.82 Å². The molecule has 0 spiro atoms. The fraction of sp³-hybridized carbons (Fsp3) is 0.263. The summed E-state index contributed by atoms with van der Waals surface area (Å²) in [4.78, 5) is 15.9. The summed E-state index contributed by atoms with van der Waals surface area (Å²) < 4.78 is 85.1. The van der Waals surface area contributed by atoms with E-state index in [1.807, 2.05) is 0 Å². The van der Waals surface area contributed by atoms with Gasteiger partial charge in [0, 0.05) is 24.1 Å². The molecule has 2 heterocycles. The number of benzene rings is 1. The molecule has 0 fully saturated rings. The number of amides is 1. The van der Waals surface area contributed by atoms with Crippen LogP contribution >= 0.6 is 22.9 Å². The third-order valence-electron chi connectivity index (χ3n) is 4.55. The second kappa shape index (κ2) is 9.79. The number of hydrogen-bond donors (Lipinski definition) is 1. The highest BCUT2D eigenvalue weighted by Gasteiger charge is 2.39. The zero-order valence-corrected chi connectivity index (χ0v) is 18.9. The van der Waals surface area contributed by atoms with E-state index in [0.29, 0.717) is 15.6 Å². The molecule has 2 aromatic heterocycles. The Hall–Kier alpha value is -2.48. The average molecular weight is 526 g/mol. The number of nitrogens with zero attached hydrogens (tertiary/aromatic N) is 2. The van der Waals surface area contributed by atoms with Crippen LogP contribution < -0.4 is 5.73 Å². The molecule has 1 unspecified atom stereocenters. The Kier molecular flexibility index (Phi) is 7.46. The molecule has 0 aliphatic heterocycles. The molecule has 14 heteroatoms. The summed E-state index contributed by atoms with van der Waals surface area (Å²) in [7, 11) is -4.56. The van der Waals surface area contributed by atoms with Crippen LogP contribution in [0.2, 0.25) is 4.34 Å². The molecule has 178 valence electrons. The monoisotopic (exact) mass is 525 g/mol. The van der Waals surface area contributed by atoms with Crippen LogP contribution in [0.5, 0.6) is 0 Å². The van der Waals surface area contributed by atoms with Crippen molar-refractivity contribution in [3.05, 3.63) is 58.5 Å². The Bertz CT molecular complexity index is 1230. The summed E-state index contributed by atoms with van der Waals surface area (Å²) >= 11 is 6.44. The number of aromatic nitrogens is 1. The lowest BCUT2D eigenvalue weighted by molar-refractivity contribution is -0.140. The predicted octanol–water partition coefficient (Wildman–Crippen LogP) is 4.58. The number of halogens is 5. The molecule has 3 rings (SSSR count). The van der Waals surface area contributed by atoms with E-state index in [2.05, 4.69) is 4.98 Å². The van der Waals surface area contributed by atoms with Gasteiger partial charge in [0.05, 0.1) is 10.5 Å². The summed E-state index contributed by atoms with van der Waals surface area (Å²) in [6, 6.07) is 4.18. The maximum absolute atomic E-state index is 14.8. The highest BCUT2D eigenvalue weighted by Crippen LogP contribution is 2.33. The van der Waals surface area contributed by atoms with Crippen LogP contribution in [-0.4, -0.2) is 35.8 Å². The largest absolute Gasteiger partial charge is 0.445 e. The highest BCUT2D eigenvalue weighted by atomic mass is 35.5. The van der Waals surface area contributed by atoms with Crippen molar-refractivity contribution in [2.45, 2.75) is 35.8 Å². The maximum Gasteiger partial charge on any atom is 0.389 e. The van der Waals surface area contributed by atoms with Gasteiger partial charge in [-0.15, -0.1) is 11.3 Å². The lowest BCUT2D eigenvalue weighted by Crippen LogP contribution is -2.47. The van der Waals surface area contributed by atoms with Crippen molar-refractivity contribution in [1.82, 2.24) is 9.29 Å². The molecule has 1 aromatic carbocycles. The summed E-state index contributed by atoms with van der Waals surface area (Å²) in [6.45, 7) is -0.749. The molecular weight excluding hydrogens is 510 g/mol. The number of hydrogen-bond acceptors (Lipinski definition) is 6. The normalized spacial score (nSPS) is 13.4. The lowest BCUT2D eigenvalue weighted by atomic mass is 10.1. The van der Waals surface area contributed by atoms with Gasteiger partial charge in [0.1, 0.15) is 22.3 Å². The number of carbonyl (C=O) groups excluding carboxylic acids is 1. The standard InChI is InChI=1S/C19H16ClF4N3O4S2/c20-15-3-4-16(32-15)33(29,30)27(14(17(25)28)5-6-19(22,23)24)10-12-2-1-11(9-13(12)21)18-26-7-8-31-18/h1-4,7-9,14H,5-6,10H2,(H2,25,28). The number of alkyl halides is 3. The Labute approximate surface area is 194 Å². The first kappa shape index (κ1) is 25.1. The van der Waals surface area contributed by atoms with Crippen molar-refractivity contribution in [1.29, 1.82) is 0 Å². The number of rotatable bonds is 9. The third kappa shape index (κ3) is 6.10. The highest BCUT2D eigenvalue weighted by molar-refractivity contribution is 7.91. The zero-order chi connectivity index (χ0) is 24.4. The molecule has 0 aliphatic rings. The van der Waals surface area contributed by atoms with Crippen molar-refractivity contribution in [3.8, 4) is 11.5 Å². The average Bonchev–Trinajstić information content (AvgIpc) is 3.39. The van der Waals surface area contributed by atoms with E-state index in [0.717, 1.165) is 12.1 Å². The summed E-state index contributed by atoms with van der Waals surface area (Å²) in [5.41, 5.74) is 5.33. The van der Waals surface area contributed by atoms with E-state index in [9.17, 15) is 30.8 Å². The fourth-order valence-corrected chi connectivity index (χ4v) is 6.20. The van der Waals surface area contributed by atoms with Gasteiger partial charge in [-0.05, 0) is 30.7 Å². The Balaban J connectivity index is 2.02. The van der Waals surface area contributed by atoms with Crippen LogP contribution in [0.15, 0.2) is 51.4 Å². The van der Waals surface area contributed by atoms with Gasteiger partial charge >= 0.3 is 6.18 Å². The van der Waals surface area contributed by atoms with Crippen LogP contribution in [-0.2, 0) is 21.4 Å². The Morgan fingerprint density at radius 3 is 2.52 bits per heavy atom. The number of thiophene rings is 1. The van der Waals surface area contributed by atoms with Gasteiger partial charge in [0.15, 0.2) is 0 Å². The van der Waals surface area contributed by atoms with Crippen molar-refractivity contribution < 1.29 is 35.2 Å².